The molecule has 0 aliphatic carbocycles. The van der Waals surface area contributed by atoms with Gasteiger partial charge in [0, 0.05) is 23.4 Å². The maximum absolute atomic E-state index is 5.78. The molecular formula is C19H18ClNO3. The molecule has 3 rings (SSSR count). The Balaban J connectivity index is 1.89. The lowest BCUT2D eigenvalue weighted by atomic mass is 10.2. The number of ether oxygens (including phenoxy) is 3. The summed E-state index contributed by atoms with van der Waals surface area (Å²) >= 11 is 5.69. The van der Waals surface area contributed by atoms with Gasteiger partial charge in [-0.3, -0.25) is 0 Å². The van der Waals surface area contributed by atoms with Crippen LogP contribution in [0.5, 0.6) is 23.1 Å². The molecule has 0 unspecified atom stereocenters. The second-order valence-corrected chi connectivity index (χ2v) is 5.53. The van der Waals surface area contributed by atoms with E-state index in [0.29, 0.717) is 29.9 Å². The molecule has 124 valence electrons. The van der Waals surface area contributed by atoms with E-state index in [4.69, 9.17) is 25.8 Å². The zero-order chi connectivity index (χ0) is 16.8. The van der Waals surface area contributed by atoms with Crippen LogP contribution in [0.15, 0.2) is 54.6 Å². The van der Waals surface area contributed by atoms with Gasteiger partial charge in [-0.2, -0.15) is 0 Å². The van der Waals surface area contributed by atoms with E-state index in [2.05, 4.69) is 4.98 Å². The number of hydrogen-bond acceptors (Lipinski definition) is 4. The van der Waals surface area contributed by atoms with Crippen LogP contribution >= 0.6 is 11.6 Å². The molecule has 0 N–H and O–H groups in total. The lowest BCUT2D eigenvalue weighted by Crippen LogP contribution is -2.00. The number of nitrogens with zero attached hydrogens (tertiary/aromatic N) is 1. The van der Waals surface area contributed by atoms with Crippen molar-refractivity contribution < 1.29 is 14.2 Å². The number of pyridine rings is 1. The molecule has 0 atom stereocenters. The Bertz CT molecular complexity index is 808. The topological polar surface area (TPSA) is 40.6 Å². The predicted octanol–water partition coefficient (Wildman–Crippen LogP) is 5.04. The fraction of sp³-hybridized carbons (Fsp3) is 0.211. The van der Waals surface area contributed by atoms with Crippen molar-refractivity contribution in [2.45, 2.75) is 6.42 Å². The average molecular weight is 344 g/mol. The molecule has 3 aromatic rings. The van der Waals surface area contributed by atoms with Gasteiger partial charge >= 0.3 is 0 Å². The quantitative estimate of drug-likeness (QED) is 0.445. The lowest BCUT2D eigenvalue weighted by Gasteiger charge is -2.12. The van der Waals surface area contributed by atoms with Crippen molar-refractivity contribution in [2.24, 2.45) is 0 Å². The highest BCUT2D eigenvalue weighted by atomic mass is 35.5. The van der Waals surface area contributed by atoms with Crippen LogP contribution in [0.2, 0.25) is 0 Å². The van der Waals surface area contributed by atoms with Gasteiger partial charge in [0.1, 0.15) is 5.75 Å². The molecule has 0 radical (unpaired) electrons. The maximum Gasteiger partial charge on any atom is 0.219 e. The summed E-state index contributed by atoms with van der Waals surface area (Å²) in [5, 5.41) is 0.956. The van der Waals surface area contributed by atoms with Crippen molar-refractivity contribution in [3.05, 3.63) is 54.6 Å². The highest BCUT2D eigenvalue weighted by molar-refractivity contribution is 6.17. The van der Waals surface area contributed by atoms with E-state index in [-0.39, 0.29) is 0 Å². The normalized spacial score (nSPS) is 10.6. The van der Waals surface area contributed by atoms with Crippen molar-refractivity contribution in [1.82, 2.24) is 4.98 Å². The molecule has 0 aliphatic heterocycles. The Hall–Kier alpha value is -2.46. The minimum atomic E-state index is 0.533. The summed E-state index contributed by atoms with van der Waals surface area (Å²) in [5.74, 6) is 3.17. The van der Waals surface area contributed by atoms with E-state index in [1.54, 1.807) is 7.11 Å². The lowest BCUT2D eigenvalue weighted by molar-refractivity contribution is 0.295. The summed E-state index contributed by atoms with van der Waals surface area (Å²) in [7, 11) is 1.62. The second kappa shape index (κ2) is 7.88. The number of fused-ring (bicyclic) bond motifs is 1. The third kappa shape index (κ3) is 3.89. The van der Waals surface area contributed by atoms with Gasteiger partial charge in [-0.05, 0) is 30.7 Å². The second-order valence-electron chi connectivity index (χ2n) is 5.15. The SMILES string of the molecule is COc1cc2ccc(Oc3ccccc3)nc2cc1OCCCCl. The Morgan fingerprint density at radius 1 is 1.00 bits per heavy atom. The van der Waals surface area contributed by atoms with Crippen molar-refractivity contribution >= 4 is 22.5 Å². The highest BCUT2D eigenvalue weighted by Crippen LogP contribution is 2.33. The van der Waals surface area contributed by atoms with Gasteiger partial charge in [-0.25, -0.2) is 4.98 Å². The van der Waals surface area contributed by atoms with Gasteiger partial charge in [0.25, 0.3) is 0 Å². The molecule has 0 saturated heterocycles. The van der Waals surface area contributed by atoms with Crippen molar-refractivity contribution in [3.8, 4) is 23.1 Å². The van der Waals surface area contributed by atoms with Crippen LogP contribution in [0.25, 0.3) is 10.9 Å². The first-order valence-corrected chi connectivity index (χ1v) is 8.24. The van der Waals surface area contributed by atoms with Crippen molar-refractivity contribution in [1.29, 1.82) is 0 Å². The van der Waals surface area contributed by atoms with Gasteiger partial charge in [0.05, 0.1) is 19.2 Å². The first-order valence-electron chi connectivity index (χ1n) is 7.70. The van der Waals surface area contributed by atoms with E-state index in [1.165, 1.54) is 0 Å². The summed E-state index contributed by atoms with van der Waals surface area (Å²) in [5.41, 5.74) is 0.783. The van der Waals surface area contributed by atoms with E-state index in [9.17, 15) is 0 Å². The number of benzene rings is 2. The zero-order valence-electron chi connectivity index (χ0n) is 13.4. The minimum Gasteiger partial charge on any atom is -0.493 e. The number of aromatic nitrogens is 1. The number of alkyl halides is 1. The van der Waals surface area contributed by atoms with Gasteiger partial charge in [-0.15, -0.1) is 11.6 Å². The van der Waals surface area contributed by atoms with Crippen LogP contribution in [-0.2, 0) is 0 Å². The summed E-state index contributed by atoms with van der Waals surface area (Å²) in [6.45, 7) is 0.533. The molecule has 0 fully saturated rings. The number of hydrogen-bond donors (Lipinski definition) is 0. The van der Waals surface area contributed by atoms with Crippen LogP contribution < -0.4 is 14.2 Å². The van der Waals surface area contributed by atoms with Crippen LogP contribution in [0.1, 0.15) is 6.42 Å². The molecule has 5 heteroatoms. The third-order valence-corrected chi connectivity index (χ3v) is 3.72. The molecule has 1 heterocycles. The number of rotatable bonds is 7. The van der Waals surface area contributed by atoms with Crippen molar-refractivity contribution in [3.63, 3.8) is 0 Å². The summed E-state index contributed by atoms with van der Waals surface area (Å²) in [4.78, 5) is 4.55. The number of halogens is 1. The zero-order valence-corrected chi connectivity index (χ0v) is 14.1. The molecular weight excluding hydrogens is 326 g/mol. The number of methoxy groups -OCH3 is 1. The standard InChI is InChI=1S/C19H18ClNO3/c1-22-17-12-14-8-9-19(24-15-6-3-2-4-7-15)21-16(14)13-18(17)23-11-5-10-20/h2-4,6-9,12-13H,5,10-11H2,1H3. The van der Waals surface area contributed by atoms with Gasteiger partial charge < -0.3 is 14.2 Å². The molecule has 0 aliphatic rings. The maximum atomic E-state index is 5.78. The minimum absolute atomic E-state index is 0.533. The fourth-order valence-corrected chi connectivity index (χ4v) is 2.40. The van der Waals surface area contributed by atoms with Crippen LogP contribution in [-0.4, -0.2) is 24.6 Å². The summed E-state index contributed by atoms with van der Waals surface area (Å²) in [6, 6.07) is 17.1. The molecule has 4 nitrogen and oxygen atoms in total. The van der Waals surface area contributed by atoms with Crippen LogP contribution in [0.3, 0.4) is 0 Å². The van der Waals surface area contributed by atoms with E-state index in [1.807, 2.05) is 54.6 Å². The van der Waals surface area contributed by atoms with Gasteiger partial charge in [0.2, 0.25) is 5.88 Å². The van der Waals surface area contributed by atoms with Crippen molar-refractivity contribution in [2.75, 3.05) is 19.6 Å². The van der Waals surface area contributed by atoms with Crippen LogP contribution in [0, 0.1) is 0 Å². The van der Waals surface area contributed by atoms with Gasteiger partial charge in [-0.1, -0.05) is 18.2 Å². The van der Waals surface area contributed by atoms with E-state index in [0.717, 1.165) is 23.1 Å². The smallest absolute Gasteiger partial charge is 0.219 e. The fourth-order valence-electron chi connectivity index (χ4n) is 2.29. The molecule has 1 aromatic heterocycles. The third-order valence-electron chi connectivity index (χ3n) is 3.45. The molecule has 2 aromatic carbocycles. The van der Waals surface area contributed by atoms with Gasteiger partial charge in [0.15, 0.2) is 11.5 Å². The first kappa shape index (κ1) is 16.4. The molecule has 24 heavy (non-hydrogen) atoms. The molecule has 0 bridgehead atoms. The Morgan fingerprint density at radius 3 is 2.58 bits per heavy atom. The molecule has 0 amide bonds. The van der Waals surface area contributed by atoms with Crippen LogP contribution in [0.4, 0.5) is 0 Å². The number of para-hydroxylation sites is 1. The highest BCUT2D eigenvalue weighted by Gasteiger charge is 2.09. The predicted molar refractivity (Wildman–Crippen MR) is 95.6 cm³/mol. The Morgan fingerprint density at radius 2 is 1.83 bits per heavy atom. The largest absolute Gasteiger partial charge is 0.493 e. The first-order chi connectivity index (χ1) is 11.8. The average Bonchev–Trinajstić information content (AvgIpc) is 2.62. The van der Waals surface area contributed by atoms with E-state index < -0.39 is 0 Å². The Labute approximate surface area is 145 Å². The summed E-state index contributed by atoms with van der Waals surface area (Å²) in [6.07, 6.45) is 0.771. The monoisotopic (exact) mass is 343 g/mol. The Kier molecular flexibility index (Phi) is 5.39. The summed E-state index contributed by atoms with van der Waals surface area (Å²) < 4.78 is 16.9. The molecule has 0 saturated carbocycles. The molecule has 0 spiro atoms. The van der Waals surface area contributed by atoms with E-state index >= 15 is 0 Å².